The first-order valence-corrected chi connectivity index (χ1v) is 8.31. The molecule has 3 rings (SSSR count). The quantitative estimate of drug-likeness (QED) is 0.712. The van der Waals surface area contributed by atoms with Crippen LogP contribution in [-0.2, 0) is 6.42 Å². The minimum absolute atomic E-state index is 0.208. The van der Waals surface area contributed by atoms with Crippen molar-refractivity contribution in [2.45, 2.75) is 20.3 Å². The second-order valence-electron chi connectivity index (χ2n) is 5.72. The molecule has 0 spiro atoms. The van der Waals surface area contributed by atoms with Gasteiger partial charge in [0.15, 0.2) is 0 Å². The molecule has 0 saturated carbocycles. The van der Waals surface area contributed by atoms with E-state index in [1.165, 1.54) is 0 Å². The number of methoxy groups -OCH3 is 2. The van der Waals surface area contributed by atoms with E-state index in [-0.39, 0.29) is 5.56 Å². The molecule has 1 N–H and O–H groups in total. The summed E-state index contributed by atoms with van der Waals surface area (Å²) in [5.74, 6) is 1.44. The Balaban J connectivity index is 2.37. The van der Waals surface area contributed by atoms with Crippen LogP contribution in [0.4, 0.5) is 0 Å². The van der Waals surface area contributed by atoms with Crippen molar-refractivity contribution in [2.75, 3.05) is 14.2 Å². The van der Waals surface area contributed by atoms with Gasteiger partial charge >= 0.3 is 0 Å². The number of ether oxygens (including phenoxy) is 2. The molecule has 6 heteroatoms. The molecule has 0 fully saturated rings. The Kier molecular flexibility index (Phi) is 4.68. The van der Waals surface area contributed by atoms with Crippen molar-refractivity contribution in [3.8, 4) is 22.8 Å². The van der Waals surface area contributed by atoms with E-state index in [4.69, 9.17) is 21.1 Å². The third-order valence-corrected chi connectivity index (χ3v) is 4.57. The van der Waals surface area contributed by atoms with Crippen molar-refractivity contribution in [2.24, 2.45) is 0 Å². The maximum Gasteiger partial charge on any atom is 0.256 e. The smallest absolute Gasteiger partial charge is 0.256 e. The number of hydrogen-bond donors (Lipinski definition) is 1. The monoisotopic (exact) mass is 358 g/mol. The molecule has 2 heterocycles. The molecule has 2 aromatic heterocycles. The van der Waals surface area contributed by atoms with Crippen LogP contribution in [0.1, 0.15) is 18.1 Å². The minimum atomic E-state index is -0.208. The molecule has 0 bridgehead atoms. The number of hydrogen-bond acceptors (Lipinski definition) is 4. The number of aromatic nitrogens is 2. The zero-order valence-corrected chi connectivity index (χ0v) is 15.3. The summed E-state index contributed by atoms with van der Waals surface area (Å²) < 4.78 is 11.0. The van der Waals surface area contributed by atoms with Crippen LogP contribution in [0, 0.1) is 6.92 Å². The summed E-state index contributed by atoms with van der Waals surface area (Å²) in [5.41, 5.74) is 3.36. The highest BCUT2D eigenvalue weighted by molar-refractivity contribution is 6.30. The predicted octanol–water partition coefficient (Wildman–Crippen LogP) is 4.13. The third-order valence-electron chi connectivity index (χ3n) is 4.36. The van der Waals surface area contributed by atoms with Crippen LogP contribution in [0.5, 0.6) is 11.5 Å². The van der Waals surface area contributed by atoms with E-state index in [1.54, 1.807) is 26.5 Å². The minimum Gasteiger partial charge on any atom is -0.496 e. The molecule has 0 atom stereocenters. The molecule has 3 aromatic rings. The van der Waals surface area contributed by atoms with Crippen LogP contribution in [-0.4, -0.2) is 24.2 Å². The van der Waals surface area contributed by atoms with Crippen LogP contribution < -0.4 is 15.0 Å². The molecule has 0 saturated heterocycles. The van der Waals surface area contributed by atoms with Gasteiger partial charge in [-0.05, 0) is 25.5 Å². The van der Waals surface area contributed by atoms with Gasteiger partial charge in [-0.2, -0.15) is 0 Å². The highest BCUT2D eigenvalue weighted by atomic mass is 35.5. The maximum atomic E-state index is 12.5. The summed E-state index contributed by atoms with van der Waals surface area (Å²) in [6.07, 6.45) is 2.36. The maximum absolute atomic E-state index is 12.5. The average molecular weight is 359 g/mol. The molecule has 130 valence electrons. The second kappa shape index (κ2) is 6.76. The highest BCUT2D eigenvalue weighted by Crippen LogP contribution is 2.39. The van der Waals surface area contributed by atoms with Crippen LogP contribution >= 0.6 is 11.6 Å². The van der Waals surface area contributed by atoms with E-state index >= 15 is 0 Å². The molecule has 0 unspecified atom stereocenters. The lowest BCUT2D eigenvalue weighted by molar-refractivity contribution is 0.390. The Morgan fingerprint density at radius 3 is 2.52 bits per heavy atom. The van der Waals surface area contributed by atoms with Gasteiger partial charge in [0, 0.05) is 40.0 Å². The van der Waals surface area contributed by atoms with Crippen LogP contribution in [0.15, 0.2) is 29.2 Å². The number of pyridine rings is 2. The van der Waals surface area contributed by atoms with Gasteiger partial charge in [-0.25, -0.2) is 4.98 Å². The Hall–Kier alpha value is -2.53. The van der Waals surface area contributed by atoms with Gasteiger partial charge < -0.3 is 14.5 Å². The van der Waals surface area contributed by atoms with E-state index in [1.807, 2.05) is 26.0 Å². The Labute approximate surface area is 150 Å². The number of nitrogens with one attached hydrogen (secondary N) is 1. The van der Waals surface area contributed by atoms with E-state index in [9.17, 15) is 4.79 Å². The third kappa shape index (κ3) is 2.96. The zero-order chi connectivity index (χ0) is 18.1. The topological polar surface area (TPSA) is 64.2 Å². The SMILES string of the molecule is CCc1c(OC)cc(OC)c(C)c1-c1cc2cnc(Cl)cc2c(=O)[nH]1. The van der Waals surface area contributed by atoms with Gasteiger partial charge in [0.2, 0.25) is 0 Å². The lowest BCUT2D eigenvalue weighted by Gasteiger charge is -2.19. The van der Waals surface area contributed by atoms with Crippen molar-refractivity contribution in [3.63, 3.8) is 0 Å². The van der Waals surface area contributed by atoms with E-state index in [0.717, 1.165) is 34.2 Å². The summed E-state index contributed by atoms with van der Waals surface area (Å²) >= 11 is 5.90. The van der Waals surface area contributed by atoms with Crippen LogP contribution in [0.25, 0.3) is 22.0 Å². The molecule has 1 aromatic carbocycles. The fourth-order valence-electron chi connectivity index (χ4n) is 3.16. The van der Waals surface area contributed by atoms with Gasteiger partial charge in [0.25, 0.3) is 5.56 Å². The van der Waals surface area contributed by atoms with Gasteiger partial charge in [-0.15, -0.1) is 0 Å². The van der Waals surface area contributed by atoms with Crippen molar-refractivity contribution in [3.05, 3.63) is 51.0 Å². The fraction of sp³-hybridized carbons (Fsp3) is 0.263. The summed E-state index contributed by atoms with van der Waals surface area (Å²) in [6.45, 7) is 4.02. The molecule has 0 aliphatic heterocycles. The first-order valence-electron chi connectivity index (χ1n) is 7.93. The summed E-state index contributed by atoms with van der Waals surface area (Å²) in [7, 11) is 3.24. The summed E-state index contributed by atoms with van der Waals surface area (Å²) in [4.78, 5) is 19.6. The lowest BCUT2D eigenvalue weighted by atomic mass is 9.94. The van der Waals surface area contributed by atoms with Crippen LogP contribution in [0.2, 0.25) is 5.15 Å². The normalized spacial score (nSPS) is 10.9. The molecule has 0 amide bonds. The van der Waals surface area contributed by atoms with E-state index < -0.39 is 0 Å². The average Bonchev–Trinajstić information content (AvgIpc) is 2.61. The first-order chi connectivity index (χ1) is 12.0. The van der Waals surface area contributed by atoms with Crippen molar-refractivity contribution in [1.29, 1.82) is 0 Å². The van der Waals surface area contributed by atoms with Crippen molar-refractivity contribution >= 4 is 22.4 Å². The molecule has 25 heavy (non-hydrogen) atoms. The molecular weight excluding hydrogens is 340 g/mol. The van der Waals surface area contributed by atoms with Crippen LogP contribution in [0.3, 0.4) is 0 Å². The Morgan fingerprint density at radius 1 is 1.16 bits per heavy atom. The number of rotatable bonds is 4. The highest BCUT2D eigenvalue weighted by Gasteiger charge is 2.18. The van der Waals surface area contributed by atoms with Crippen molar-refractivity contribution < 1.29 is 9.47 Å². The van der Waals surface area contributed by atoms with Gasteiger partial charge in [-0.1, -0.05) is 18.5 Å². The number of halogens is 1. The lowest BCUT2D eigenvalue weighted by Crippen LogP contribution is -2.09. The Bertz CT molecular complexity index is 1010. The predicted molar refractivity (Wildman–Crippen MR) is 100 cm³/mol. The fourth-order valence-corrected chi connectivity index (χ4v) is 3.32. The number of aromatic amines is 1. The summed E-state index contributed by atoms with van der Waals surface area (Å²) in [6, 6.07) is 5.35. The first kappa shape index (κ1) is 17.3. The standard InChI is InChI=1S/C19H19ClN2O3/c1-5-12-16(25-4)8-15(24-3)10(2)18(12)14-6-11-9-21-17(20)7-13(11)19(23)22-14/h6-9H,5H2,1-4H3,(H,22,23). The van der Waals surface area contributed by atoms with E-state index in [2.05, 4.69) is 9.97 Å². The van der Waals surface area contributed by atoms with Gasteiger partial charge in [0.1, 0.15) is 16.7 Å². The van der Waals surface area contributed by atoms with E-state index in [0.29, 0.717) is 22.0 Å². The van der Waals surface area contributed by atoms with Gasteiger partial charge in [-0.3, -0.25) is 4.79 Å². The number of nitrogens with zero attached hydrogens (tertiary/aromatic N) is 1. The number of fused-ring (bicyclic) bond motifs is 1. The summed E-state index contributed by atoms with van der Waals surface area (Å²) in [5, 5.41) is 1.53. The molecular formula is C19H19ClN2O3. The molecule has 0 aliphatic rings. The molecule has 5 nitrogen and oxygen atoms in total. The molecule has 0 aliphatic carbocycles. The number of H-pyrrole nitrogens is 1. The molecule has 0 radical (unpaired) electrons. The number of benzene rings is 1. The zero-order valence-electron chi connectivity index (χ0n) is 14.6. The Morgan fingerprint density at radius 2 is 1.88 bits per heavy atom. The van der Waals surface area contributed by atoms with Crippen molar-refractivity contribution in [1.82, 2.24) is 9.97 Å². The largest absolute Gasteiger partial charge is 0.496 e. The second-order valence-corrected chi connectivity index (χ2v) is 6.11. The van der Waals surface area contributed by atoms with Gasteiger partial charge in [0.05, 0.1) is 19.6 Å².